The Morgan fingerprint density at radius 3 is 2.46 bits per heavy atom. The molecule has 0 unspecified atom stereocenters. The molecule has 26 heavy (non-hydrogen) atoms. The summed E-state index contributed by atoms with van der Waals surface area (Å²) in [4.78, 5) is 31.6. The smallest absolute Gasteiger partial charge is 0.350 e. The van der Waals surface area contributed by atoms with Gasteiger partial charge in [-0.15, -0.1) is 0 Å². The van der Waals surface area contributed by atoms with Gasteiger partial charge in [0, 0.05) is 12.1 Å². The Bertz CT molecular complexity index is 755. The first-order valence-electron chi connectivity index (χ1n) is 8.62. The van der Waals surface area contributed by atoms with E-state index in [0.29, 0.717) is 40.2 Å². The van der Waals surface area contributed by atoms with E-state index in [1.54, 1.807) is 50.1 Å². The highest BCUT2D eigenvalue weighted by molar-refractivity contribution is 7.17. The van der Waals surface area contributed by atoms with Crippen LogP contribution in [0.3, 0.4) is 0 Å². The molecule has 0 saturated heterocycles. The molecule has 1 aromatic heterocycles. The number of aryl methyl sites for hydroxylation is 1. The summed E-state index contributed by atoms with van der Waals surface area (Å²) in [5, 5.41) is 0.514. The van der Waals surface area contributed by atoms with Crippen LogP contribution in [0.5, 0.6) is 5.75 Å². The Morgan fingerprint density at radius 1 is 1.19 bits per heavy atom. The van der Waals surface area contributed by atoms with Crippen molar-refractivity contribution in [2.45, 2.75) is 33.6 Å². The topological polar surface area (TPSA) is 68.7 Å². The number of rotatable bonds is 8. The third-order valence-electron chi connectivity index (χ3n) is 3.79. The van der Waals surface area contributed by atoms with E-state index in [1.807, 2.05) is 0 Å². The maximum atomic E-state index is 13.0. The summed E-state index contributed by atoms with van der Waals surface area (Å²) in [6, 6.07) is 6.96. The Balaban J connectivity index is 2.32. The predicted molar refractivity (Wildman–Crippen MR) is 102 cm³/mol. The lowest BCUT2D eigenvalue weighted by atomic mass is 10.2. The van der Waals surface area contributed by atoms with Crippen LogP contribution < -0.4 is 9.64 Å². The number of amides is 1. The number of ether oxygens (including phenoxy) is 2. The molecule has 0 atom stereocenters. The Hall–Kier alpha value is -2.41. The second kappa shape index (κ2) is 9.33. The standard InChI is InChI=1S/C19H24N2O4S/c1-5-7-12-21(17(22)14-8-10-15(24-4)11-9-14)19-20-13(3)16(26-19)18(23)25-6-2/h8-11H,5-7,12H2,1-4H3. The molecule has 0 saturated carbocycles. The summed E-state index contributed by atoms with van der Waals surface area (Å²) >= 11 is 1.19. The number of anilines is 1. The first-order chi connectivity index (χ1) is 12.5. The molecule has 6 nitrogen and oxygen atoms in total. The SMILES string of the molecule is CCCCN(C(=O)c1ccc(OC)cc1)c1nc(C)c(C(=O)OCC)s1. The molecule has 2 rings (SSSR count). The van der Waals surface area contributed by atoms with Gasteiger partial charge in [-0.3, -0.25) is 9.69 Å². The van der Waals surface area contributed by atoms with Gasteiger partial charge >= 0.3 is 5.97 Å². The molecule has 2 aromatic rings. The lowest BCUT2D eigenvalue weighted by Crippen LogP contribution is -2.31. The van der Waals surface area contributed by atoms with Crippen LogP contribution in [0.1, 0.15) is 52.4 Å². The summed E-state index contributed by atoms with van der Waals surface area (Å²) in [5.41, 5.74) is 1.12. The van der Waals surface area contributed by atoms with Crippen molar-refractivity contribution >= 4 is 28.3 Å². The largest absolute Gasteiger partial charge is 0.497 e. The minimum atomic E-state index is -0.402. The summed E-state index contributed by atoms with van der Waals surface area (Å²) < 4.78 is 10.2. The van der Waals surface area contributed by atoms with E-state index in [9.17, 15) is 9.59 Å². The number of nitrogens with zero attached hydrogens (tertiary/aromatic N) is 2. The van der Waals surface area contributed by atoms with E-state index in [2.05, 4.69) is 11.9 Å². The molecule has 0 aliphatic rings. The number of carbonyl (C=O) groups excluding carboxylic acids is 2. The lowest BCUT2D eigenvalue weighted by molar-refractivity contribution is 0.0531. The number of hydrogen-bond acceptors (Lipinski definition) is 6. The van der Waals surface area contributed by atoms with Crippen LogP contribution >= 0.6 is 11.3 Å². The van der Waals surface area contributed by atoms with Gasteiger partial charge in [-0.05, 0) is 44.5 Å². The molecule has 0 bridgehead atoms. The normalized spacial score (nSPS) is 10.5. The van der Waals surface area contributed by atoms with Crippen LogP contribution in [0.25, 0.3) is 0 Å². The van der Waals surface area contributed by atoms with Crippen LogP contribution in [-0.4, -0.2) is 37.1 Å². The van der Waals surface area contributed by atoms with Crippen molar-refractivity contribution in [1.82, 2.24) is 4.98 Å². The van der Waals surface area contributed by atoms with Crippen molar-refractivity contribution in [3.05, 3.63) is 40.4 Å². The molecule has 1 amide bonds. The van der Waals surface area contributed by atoms with Crippen LogP contribution in [0, 0.1) is 6.92 Å². The van der Waals surface area contributed by atoms with Crippen molar-refractivity contribution in [2.24, 2.45) is 0 Å². The molecule has 0 aliphatic heterocycles. The van der Waals surface area contributed by atoms with E-state index >= 15 is 0 Å². The predicted octanol–water partition coefficient (Wildman–Crippen LogP) is 4.08. The first kappa shape index (κ1) is 19.9. The van der Waals surface area contributed by atoms with E-state index < -0.39 is 5.97 Å². The average molecular weight is 376 g/mol. The van der Waals surface area contributed by atoms with E-state index in [4.69, 9.17) is 9.47 Å². The highest BCUT2D eigenvalue weighted by Crippen LogP contribution is 2.28. The van der Waals surface area contributed by atoms with Gasteiger partial charge in [-0.25, -0.2) is 9.78 Å². The zero-order valence-corrected chi connectivity index (χ0v) is 16.4. The van der Waals surface area contributed by atoms with Gasteiger partial charge in [-0.1, -0.05) is 24.7 Å². The fraction of sp³-hybridized carbons (Fsp3) is 0.421. The minimum Gasteiger partial charge on any atom is -0.497 e. The van der Waals surface area contributed by atoms with Gasteiger partial charge in [0.1, 0.15) is 10.6 Å². The lowest BCUT2D eigenvalue weighted by Gasteiger charge is -2.19. The van der Waals surface area contributed by atoms with Crippen LogP contribution in [0.2, 0.25) is 0 Å². The molecule has 0 spiro atoms. The van der Waals surface area contributed by atoms with Crippen molar-refractivity contribution < 1.29 is 19.1 Å². The van der Waals surface area contributed by atoms with E-state index in [1.165, 1.54) is 11.3 Å². The number of carbonyl (C=O) groups is 2. The van der Waals surface area contributed by atoms with Crippen molar-refractivity contribution in [1.29, 1.82) is 0 Å². The molecule has 0 fully saturated rings. The van der Waals surface area contributed by atoms with Crippen molar-refractivity contribution in [3.63, 3.8) is 0 Å². The second-order valence-electron chi connectivity index (χ2n) is 5.67. The highest BCUT2D eigenvalue weighted by atomic mass is 32.1. The summed E-state index contributed by atoms with van der Waals surface area (Å²) in [6.07, 6.45) is 1.79. The molecule has 140 valence electrons. The van der Waals surface area contributed by atoms with Gasteiger partial charge in [0.25, 0.3) is 5.91 Å². The number of thiazole rings is 1. The monoisotopic (exact) mass is 376 g/mol. The molecule has 0 N–H and O–H groups in total. The van der Waals surface area contributed by atoms with Crippen LogP contribution in [-0.2, 0) is 4.74 Å². The van der Waals surface area contributed by atoms with Crippen molar-refractivity contribution in [2.75, 3.05) is 25.2 Å². The fourth-order valence-electron chi connectivity index (χ4n) is 2.37. The Kier molecular flexibility index (Phi) is 7.15. The summed E-state index contributed by atoms with van der Waals surface area (Å²) in [5.74, 6) is 0.141. The molecular formula is C19H24N2O4S. The van der Waals surface area contributed by atoms with Crippen LogP contribution in [0.4, 0.5) is 5.13 Å². The molecular weight excluding hydrogens is 352 g/mol. The molecule has 0 radical (unpaired) electrons. The Morgan fingerprint density at radius 2 is 1.88 bits per heavy atom. The van der Waals surface area contributed by atoms with Crippen molar-refractivity contribution in [3.8, 4) is 5.75 Å². The van der Waals surface area contributed by atoms with Gasteiger partial charge in [-0.2, -0.15) is 0 Å². The number of aromatic nitrogens is 1. The second-order valence-corrected chi connectivity index (χ2v) is 6.65. The van der Waals surface area contributed by atoms with Gasteiger partial charge < -0.3 is 9.47 Å². The molecule has 7 heteroatoms. The zero-order valence-electron chi connectivity index (χ0n) is 15.6. The van der Waals surface area contributed by atoms with E-state index in [0.717, 1.165) is 12.8 Å². The molecule has 0 aliphatic carbocycles. The van der Waals surface area contributed by atoms with Gasteiger partial charge in [0.05, 0.1) is 19.4 Å². The van der Waals surface area contributed by atoms with Gasteiger partial charge in [0.15, 0.2) is 5.13 Å². The Labute approximate surface area is 157 Å². The third-order valence-corrected chi connectivity index (χ3v) is 4.95. The fourth-order valence-corrected chi connectivity index (χ4v) is 3.36. The van der Waals surface area contributed by atoms with E-state index in [-0.39, 0.29) is 5.91 Å². The maximum Gasteiger partial charge on any atom is 0.350 e. The minimum absolute atomic E-state index is 0.148. The molecule has 1 heterocycles. The number of esters is 1. The zero-order chi connectivity index (χ0) is 19.1. The average Bonchev–Trinajstić information content (AvgIpc) is 3.03. The first-order valence-corrected chi connectivity index (χ1v) is 9.43. The summed E-state index contributed by atoms with van der Waals surface area (Å²) in [7, 11) is 1.58. The van der Waals surface area contributed by atoms with Crippen LogP contribution in [0.15, 0.2) is 24.3 Å². The third kappa shape index (κ3) is 4.60. The quantitative estimate of drug-likeness (QED) is 0.649. The highest BCUT2D eigenvalue weighted by Gasteiger charge is 2.24. The summed E-state index contributed by atoms with van der Waals surface area (Å²) in [6.45, 7) is 6.41. The number of unbranched alkanes of at least 4 members (excludes halogenated alkanes) is 1. The maximum absolute atomic E-state index is 13.0. The van der Waals surface area contributed by atoms with Gasteiger partial charge in [0.2, 0.25) is 0 Å². The number of hydrogen-bond donors (Lipinski definition) is 0. The number of benzene rings is 1. The molecule has 1 aromatic carbocycles. The number of methoxy groups -OCH3 is 1.